The Morgan fingerprint density at radius 1 is 0.541 bits per heavy atom. The molecule has 0 radical (unpaired) electrons. The summed E-state index contributed by atoms with van der Waals surface area (Å²) in [6, 6.07) is 0. The summed E-state index contributed by atoms with van der Waals surface area (Å²) in [5.74, 6) is -76.1. The number of alkyl halides is 19. The molecule has 0 atom stereocenters. The van der Waals surface area contributed by atoms with Crippen molar-refractivity contribution < 1.29 is 103 Å². The van der Waals surface area contributed by atoms with Gasteiger partial charge >= 0.3 is 59.5 Å². The summed E-state index contributed by atoms with van der Waals surface area (Å²) < 4.78 is 261. The largest absolute Gasteiger partial charge is 0.481 e. The summed E-state index contributed by atoms with van der Waals surface area (Å²) in [5.41, 5.74) is 0. The van der Waals surface area contributed by atoms with E-state index in [-0.39, 0.29) is 0 Å². The van der Waals surface area contributed by atoms with Gasteiger partial charge in [-0.25, -0.2) is 0 Å². The third-order valence-corrected chi connectivity index (χ3v) is 4.73. The molecule has 0 saturated carbocycles. The number of aliphatic carboxylic acids is 1. The van der Waals surface area contributed by atoms with Gasteiger partial charge in [0.1, 0.15) is 6.42 Å². The lowest BCUT2D eigenvalue weighted by atomic mass is 9.85. The molecule has 1 heterocycles. The molecule has 0 aromatic rings. The second-order valence-corrected chi connectivity index (χ2v) is 7.11. The van der Waals surface area contributed by atoms with Crippen molar-refractivity contribution in [3.05, 3.63) is 0 Å². The first kappa shape index (κ1) is 33.1. The van der Waals surface area contributed by atoms with E-state index in [1.54, 1.807) is 0 Å². The van der Waals surface area contributed by atoms with Crippen molar-refractivity contribution >= 4 is 5.97 Å². The van der Waals surface area contributed by atoms with E-state index < -0.39 is 84.9 Å². The second-order valence-electron chi connectivity index (χ2n) is 7.11. The van der Waals surface area contributed by atoms with E-state index in [2.05, 4.69) is 9.47 Å². The van der Waals surface area contributed by atoms with Crippen LogP contribution in [0.2, 0.25) is 0 Å². The molecule has 1 N–H and O–H groups in total. The Kier molecular flexibility index (Phi) is 7.63. The van der Waals surface area contributed by atoms with Crippen molar-refractivity contribution in [1.82, 2.24) is 0 Å². The van der Waals surface area contributed by atoms with Crippen LogP contribution in [0, 0.1) is 0 Å². The van der Waals surface area contributed by atoms with Crippen LogP contribution in [0.1, 0.15) is 6.42 Å². The molecule has 0 amide bonds. The van der Waals surface area contributed by atoms with Crippen LogP contribution in [0.5, 0.6) is 0 Å². The molecule has 0 aromatic carbocycles. The Morgan fingerprint density at radius 2 is 0.811 bits per heavy atom. The quantitative estimate of drug-likeness (QED) is 0.320. The van der Waals surface area contributed by atoms with Crippen LogP contribution in [0.4, 0.5) is 83.4 Å². The first-order valence-electron chi connectivity index (χ1n) is 8.46. The lowest BCUT2D eigenvalue weighted by molar-refractivity contribution is -0.478. The fourth-order valence-electron chi connectivity index (χ4n) is 2.65. The fourth-order valence-corrected chi connectivity index (χ4v) is 2.65. The minimum Gasteiger partial charge on any atom is -0.481 e. The molecule has 1 rings (SSSR count). The highest BCUT2D eigenvalue weighted by molar-refractivity contribution is 5.68. The second kappa shape index (κ2) is 8.53. The molecular weight excluding hydrogens is 593 g/mol. The van der Waals surface area contributed by atoms with Crippen molar-refractivity contribution in [2.45, 2.75) is 65.8 Å². The fraction of sp³-hybridized carbons (Fsp3) is 0.929. The molecule has 37 heavy (non-hydrogen) atoms. The summed E-state index contributed by atoms with van der Waals surface area (Å²) >= 11 is 0. The van der Waals surface area contributed by atoms with Gasteiger partial charge < -0.3 is 14.6 Å². The van der Waals surface area contributed by atoms with E-state index in [0.29, 0.717) is 0 Å². The standard InChI is InChI=1S/C14H7F19O4/c15-6(16,5(3-4(34)35)36-1-2-37-5)7(17,18)8(19,20)9(21,22)10(23,24)11(25,26)12(27,28)13(29,30)14(31,32)33/h1-3H2,(H,34,35). The molecule has 4 nitrogen and oxygen atoms in total. The van der Waals surface area contributed by atoms with Gasteiger partial charge in [0, 0.05) is 0 Å². The number of carbonyl (C=O) groups is 1. The highest BCUT2D eigenvalue weighted by Gasteiger charge is 2.97. The van der Waals surface area contributed by atoms with Crippen LogP contribution in [-0.2, 0) is 14.3 Å². The number of rotatable bonds is 10. The van der Waals surface area contributed by atoms with Crippen LogP contribution in [0.25, 0.3) is 0 Å². The highest BCUT2D eigenvalue weighted by atomic mass is 19.4. The highest BCUT2D eigenvalue weighted by Crippen LogP contribution is 2.66. The van der Waals surface area contributed by atoms with Gasteiger partial charge in [-0.3, -0.25) is 4.79 Å². The third-order valence-electron chi connectivity index (χ3n) is 4.73. The van der Waals surface area contributed by atoms with E-state index in [0.717, 1.165) is 0 Å². The Bertz CT molecular complexity index is 870. The smallest absolute Gasteiger partial charge is 0.460 e. The number of ether oxygens (including phenoxy) is 2. The van der Waals surface area contributed by atoms with Crippen molar-refractivity contribution in [3.8, 4) is 0 Å². The molecule has 1 aliphatic rings. The molecule has 0 bridgehead atoms. The van der Waals surface area contributed by atoms with Gasteiger partial charge in [0.25, 0.3) is 5.79 Å². The Balaban J connectivity index is 3.79. The Hall–Kier alpha value is -1.94. The minimum absolute atomic E-state index is 1.38. The number of carboxylic acids is 1. The van der Waals surface area contributed by atoms with E-state index in [9.17, 15) is 88.2 Å². The van der Waals surface area contributed by atoms with E-state index >= 15 is 0 Å². The number of halogens is 19. The van der Waals surface area contributed by atoms with Gasteiger partial charge in [0.05, 0.1) is 13.2 Å². The Labute approximate surface area is 189 Å². The molecule has 1 saturated heterocycles. The average molecular weight is 600 g/mol. The molecule has 0 aromatic heterocycles. The summed E-state index contributed by atoms with van der Waals surface area (Å²) in [4.78, 5) is 10.6. The number of hydrogen-bond acceptors (Lipinski definition) is 3. The molecule has 1 fully saturated rings. The van der Waals surface area contributed by atoms with Crippen LogP contribution in [0.3, 0.4) is 0 Å². The van der Waals surface area contributed by atoms with Crippen molar-refractivity contribution in [3.63, 3.8) is 0 Å². The normalized spacial score (nSPS) is 19.3. The van der Waals surface area contributed by atoms with Gasteiger partial charge in [-0.2, -0.15) is 83.4 Å². The number of hydrogen-bond donors (Lipinski definition) is 1. The van der Waals surface area contributed by atoms with Crippen molar-refractivity contribution in [2.75, 3.05) is 13.2 Å². The summed E-state index contributed by atoms with van der Waals surface area (Å²) in [5, 5.41) is 8.46. The van der Waals surface area contributed by atoms with Crippen molar-refractivity contribution in [1.29, 1.82) is 0 Å². The van der Waals surface area contributed by atoms with E-state index in [1.807, 2.05) is 0 Å². The minimum atomic E-state index is -9.07. The zero-order valence-electron chi connectivity index (χ0n) is 16.5. The maximum absolute atomic E-state index is 14.3. The predicted molar refractivity (Wildman–Crippen MR) is 72.5 cm³/mol. The first-order chi connectivity index (χ1) is 15.9. The zero-order chi connectivity index (χ0) is 30.1. The lowest BCUT2D eigenvalue weighted by Gasteiger charge is -2.45. The zero-order valence-corrected chi connectivity index (χ0v) is 16.5. The van der Waals surface area contributed by atoms with Crippen LogP contribution >= 0.6 is 0 Å². The summed E-state index contributed by atoms with van der Waals surface area (Å²) in [6.07, 6.45) is -10.6. The summed E-state index contributed by atoms with van der Waals surface area (Å²) in [7, 11) is 0. The van der Waals surface area contributed by atoms with Crippen LogP contribution in [-0.4, -0.2) is 83.6 Å². The molecule has 220 valence electrons. The monoisotopic (exact) mass is 600 g/mol. The molecule has 0 unspecified atom stereocenters. The van der Waals surface area contributed by atoms with E-state index in [1.165, 1.54) is 0 Å². The Morgan fingerprint density at radius 3 is 1.08 bits per heavy atom. The van der Waals surface area contributed by atoms with Gasteiger partial charge in [0.15, 0.2) is 0 Å². The SMILES string of the molecule is O=C(O)CC1(C(F)(F)C(F)(F)C(F)(F)C(F)(F)C(F)(F)C(F)(F)C(F)(F)C(F)(F)C(F)(F)F)OCCO1. The molecule has 23 heteroatoms. The average Bonchev–Trinajstić information content (AvgIpc) is 3.15. The van der Waals surface area contributed by atoms with Gasteiger partial charge in [0.2, 0.25) is 0 Å². The first-order valence-corrected chi connectivity index (χ1v) is 8.46. The molecule has 0 spiro atoms. The van der Waals surface area contributed by atoms with Gasteiger partial charge in [-0.05, 0) is 0 Å². The van der Waals surface area contributed by atoms with Crippen molar-refractivity contribution in [2.24, 2.45) is 0 Å². The van der Waals surface area contributed by atoms with Gasteiger partial charge in [-0.1, -0.05) is 0 Å². The summed E-state index contributed by atoms with van der Waals surface area (Å²) in [6.45, 7) is -2.76. The topological polar surface area (TPSA) is 55.8 Å². The maximum atomic E-state index is 14.3. The lowest BCUT2D eigenvalue weighted by Crippen LogP contribution is -2.77. The maximum Gasteiger partial charge on any atom is 0.460 e. The predicted octanol–water partition coefficient (Wildman–Crippen LogP) is 5.85. The third kappa shape index (κ3) is 4.04. The number of carboxylic acid groups (broad SMARTS) is 1. The molecular formula is C14H7F19O4. The molecule has 1 aliphatic heterocycles. The van der Waals surface area contributed by atoms with Crippen LogP contribution < -0.4 is 0 Å². The van der Waals surface area contributed by atoms with E-state index in [4.69, 9.17) is 5.11 Å². The van der Waals surface area contributed by atoms with Crippen LogP contribution in [0.15, 0.2) is 0 Å². The molecule has 0 aliphatic carbocycles. The van der Waals surface area contributed by atoms with Gasteiger partial charge in [-0.15, -0.1) is 0 Å².